The SMILES string of the molecule is CCCCC(CC)C[n+]1ccc(C)cc1.[I-]. The van der Waals surface area contributed by atoms with Gasteiger partial charge >= 0.3 is 0 Å². The molecule has 2 heteroatoms. The van der Waals surface area contributed by atoms with Crippen molar-refractivity contribution < 1.29 is 28.5 Å². The number of halogens is 1. The molecule has 1 unspecified atom stereocenters. The second-order valence-corrected chi connectivity index (χ2v) is 4.49. The molecule has 0 N–H and O–H groups in total. The lowest BCUT2D eigenvalue weighted by Gasteiger charge is -2.10. The summed E-state index contributed by atoms with van der Waals surface area (Å²) >= 11 is 0. The van der Waals surface area contributed by atoms with E-state index in [2.05, 4.69) is 49.9 Å². The van der Waals surface area contributed by atoms with Crippen molar-refractivity contribution in [2.75, 3.05) is 0 Å². The van der Waals surface area contributed by atoms with Gasteiger partial charge in [0.2, 0.25) is 0 Å². The van der Waals surface area contributed by atoms with Gasteiger partial charge in [0, 0.05) is 18.1 Å². The van der Waals surface area contributed by atoms with Gasteiger partial charge in [-0.3, -0.25) is 0 Å². The fourth-order valence-electron chi connectivity index (χ4n) is 1.87. The van der Waals surface area contributed by atoms with Gasteiger partial charge in [-0.25, -0.2) is 4.57 Å². The first-order valence-electron chi connectivity index (χ1n) is 6.22. The normalized spacial score (nSPS) is 11.9. The van der Waals surface area contributed by atoms with E-state index in [1.54, 1.807) is 0 Å². The Kier molecular flexibility index (Phi) is 8.90. The van der Waals surface area contributed by atoms with E-state index in [1.807, 2.05) is 0 Å². The molecule has 0 saturated heterocycles. The Morgan fingerprint density at radius 2 is 1.81 bits per heavy atom. The number of rotatable bonds is 6. The largest absolute Gasteiger partial charge is 1.00 e. The summed E-state index contributed by atoms with van der Waals surface area (Å²) in [5, 5.41) is 0. The molecule has 0 spiro atoms. The molecule has 1 aromatic rings. The molecule has 0 aliphatic heterocycles. The van der Waals surface area contributed by atoms with Crippen molar-refractivity contribution in [3.05, 3.63) is 30.1 Å². The van der Waals surface area contributed by atoms with E-state index in [1.165, 1.54) is 37.8 Å². The summed E-state index contributed by atoms with van der Waals surface area (Å²) in [6.07, 6.45) is 9.74. The van der Waals surface area contributed by atoms with Crippen LogP contribution in [0.2, 0.25) is 0 Å². The van der Waals surface area contributed by atoms with Gasteiger partial charge in [0.05, 0.1) is 0 Å². The summed E-state index contributed by atoms with van der Waals surface area (Å²) in [5.74, 6) is 0.845. The molecule has 16 heavy (non-hydrogen) atoms. The summed E-state index contributed by atoms with van der Waals surface area (Å²) in [7, 11) is 0. The van der Waals surface area contributed by atoms with Crippen LogP contribution >= 0.6 is 0 Å². The average Bonchev–Trinajstić information content (AvgIpc) is 2.27. The van der Waals surface area contributed by atoms with Gasteiger partial charge in [-0.15, -0.1) is 0 Å². The first kappa shape index (κ1) is 15.9. The third-order valence-corrected chi connectivity index (χ3v) is 3.07. The fraction of sp³-hybridized carbons (Fsp3) is 0.643. The zero-order valence-electron chi connectivity index (χ0n) is 10.7. The molecule has 92 valence electrons. The highest BCUT2D eigenvalue weighted by Crippen LogP contribution is 2.12. The van der Waals surface area contributed by atoms with E-state index in [0.29, 0.717) is 0 Å². The van der Waals surface area contributed by atoms with Crippen LogP contribution in [0.25, 0.3) is 0 Å². The minimum atomic E-state index is 0. The highest BCUT2D eigenvalue weighted by atomic mass is 127. The summed E-state index contributed by atoms with van der Waals surface area (Å²) in [6, 6.07) is 4.37. The summed E-state index contributed by atoms with van der Waals surface area (Å²) < 4.78 is 2.32. The highest BCUT2D eigenvalue weighted by molar-refractivity contribution is 5.03. The molecular formula is C14H24IN. The predicted octanol–water partition coefficient (Wildman–Crippen LogP) is 0.503. The Morgan fingerprint density at radius 3 is 2.31 bits per heavy atom. The van der Waals surface area contributed by atoms with Crippen LogP contribution in [0.3, 0.4) is 0 Å². The van der Waals surface area contributed by atoms with Crippen LogP contribution in [0.15, 0.2) is 24.5 Å². The Morgan fingerprint density at radius 1 is 1.19 bits per heavy atom. The average molecular weight is 333 g/mol. The van der Waals surface area contributed by atoms with Crippen molar-refractivity contribution in [1.29, 1.82) is 0 Å². The molecule has 0 aliphatic rings. The maximum atomic E-state index is 2.32. The molecule has 1 atom stereocenters. The van der Waals surface area contributed by atoms with Crippen molar-refractivity contribution in [2.45, 2.75) is 53.0 Å². The third-order valence-electron chi connectivity index (χ3n) is 3.07. The number of aromatic nitrogens is 1. The molecule has 0 aromatic carbocycles. The molecule has 0 radical (unpaired) electrons. The molecule has 0 saturated carbocycles. The first-order valence-corrected chi connectivity index (χ1v) is 6.22. The molecule has 1 heterocycles. The molecule has 0 aliphatic carbocycles. The van der Waals surface area contributed by atoms with Gasteiger partial charge in [0.1, 0.15) is 0 Å². The number of unbranched alkanes of at least 4 members (excludes halogenated alkanes) is 1. The molecule has 0 amide bonds. The minimum Gasteiger partial charge on any atom is -1.00 e. The second-order valence-electron chi connectivity index (χ2n) is 4.49. The van der Waals surface area contributed by atoms with Gasteiger partial charge in [-0.05, 0) is 25.3 Å². The molecule has 1 rings (SSSR count). The Labute approximate surface area is 117 Å². The van der Waals surface area contributed by atoms with Crippen molar-refractivity contribution >= 4 is 0 Å². The smallest absolute Gasteiger partial charge is 0.169 e. The maximum absolute atomic E-state index is 2.32. The molecular weight excluding hydrogens is 309 g/mol. The van der Waals surface area contributed by atoms with Crippen molar-refractivity contribution in [3.63, 3.8) is 0 Å². The lowest BCUT2D eigenvalue weighted by molar-refractivity contribution is -0.703. The number of pyridine rings is 1. The summed E-state index contributed by atoms with van der Waals surface area (Å²) in [6.45, 7) is 7.89. The number of nitrogens with zero attached hydrogens (tertiary/aromatic N) is 1. The molecule has 1 aromatic heterocycles. The van der Waals surface area contributed by atoms with E-state index in [0.717, 1.165) is 5.92 Å². The van der Waals surface area contributed by atoms with Crippen LogP contribution in [0, 0.1) is 12.8 Å². The van der Waals surface area contributed by atoms with Crippen molar-refractivity contribution in [2.24, 2.45) is 5.92 Å². The molecule has 0 fully saturated rings. The Hall–Kier alpha value is -0.120. The second kappa shape index (κ2) is 8.97. The quantitative estimate of drug-likeness (QED) is 0.527. The van der Waals surface area contributed by atoms with Crippen molar-refractivity contribution in [1.82, 2.24) is 0 Å². The number of aryl methyl sites for hydroxylation is 1. The van der Waals surface area contributed by atoms with Gasteiger partial charge in [-0.1, -0.05) is 26.7 Å². The van der Waals surface area contributed by atoms with Crippen LogP contribution in [-0.4, -0.2) is 0 Å². The van der Waals surface area contributed by atoms with Crippen molar-refractivity contribution in [3.8, 4) is 0 Å². The van der Waals surface area contributed by atoms with Gasteiger partial charge in [-0.2, -0.15) is 0 Å². The summed E-state index contributed by atoms with van der Waals surface area (Å²) in [4.78, 5) is 0. The first-order chi connectivity index (χ1) is 7.26. The standard InChI is InChI=1S/C14H24N.HI/c1-4-6-7-14(5-2)12-15-10-8-13(3)9-11-15;/h8-11,14H,4-7,12H2,1-3H3;1H/q+1;/p-1. The lowest BCUT2D eigenvalue weighted by atomic mass is 9.99. The predicted molar refractivity (Wildman–Crippen MR) is 64.7 cm³/mol. The van der Waals surface area contributed by atoms with E-state index in [4.69, 9.17) is 0 Å². The maximum Gasteiger partial charge on any atom is 0.169 e. The van der Waals surface area contributed by atoms with Gasteiger partial charge in [0.25, 0.3) is 0 Å². The Balaban J connectivity index is 0.00000225. The van der Waals surface area contributed by atoms with E-state index in [9.17, 15) is 0 Å². The van der Waals surface area contributed by atoms with Crippen LogP contribution < -0.4 is 28.5 Å². The lowest BCUT2D eigenvalue weighted by Crippen LogP contribution is -3.00. The zero-order chi connectivity index (χ0) is 11.1. The minimum absolute atomic E-state index is 0. The Bertz CT molecular complexity index is 269. The van der Waals surface area contributed by atoms with Crippen LogP contribution in [-0.2, 0) is 6.54 Å². The highest BCUT2D eigenvalue weighted by Gasteiger charge is 2.11. The fourth-order valence-corrected chi connectivity index (χ4v) is 1.87. The van der Waals surface area contributed by atoms with Gasteiger partial charge < -0.3 is 24.0 Å². The third kappa shape index (κ3) is 5.83. The summed E-state index contributed by atoms with van der Waals surface area (Å²) in [5.41, 5.74) is 1.34. The van der Waals surface area contributed by atoms with Crippen LogP contribution in [0.1, 0.15) is 45.1 Å². The monoisotopic (exact) mass is 333 g/mol. The topological polar surface area (TPSA) is 3.88 Å². The number of hydrogen-bond acceptors (Lipinski definition) is 0. The van der Waals surface area contributed by atoms with E-state index < -0.39 is 0 Å². The van der Waals surface area contributed by atoms with Crippen LogP contribution in [0.4, 0.5) is 0 Å². The van der Waals surface area contributed by atoms with Crippen LogP contribution in [0.5, 0.6) is 0 Å². The van der Waals surface area contributed by atoms with E-state index >= 15 is 0 Å². The molecule has 1 nitrogen and oxygen atoms in total. The number of hydrogen-bond donors (Lipinski definition) is 0. The van der Waals surface area contributed by atoms with E-state index in [-0.39, 0.29) is 24.0 Å². The van der Waals surface area contributed by atoms with Gasteiger partial charge in [0.15, 0.2) is 18.9 Å². The molecule has 0 bridgehead atoms. The zero-order valence-corrected chi connectivity index (χ0v) is 12.9.